The summed E-state index contributed by atoms with van der Waals surface area (Å²) in [7, 11) is 2.15. The fourth-order valence-corrected chi connectivity index (χ4v) is 2.95. The lowest BCUT2D eigenvalue weighted by Crippen LogP contribution is -2.64. The van der Waals surface area contributed by atoms with Crippen LogP contribution in [0.15, 0.2) is 30.3 Å². The van der Waals surface area contributed by atoms with E-state index in [0.29, 0.717) is 0 Å². The highest BCUT2D eigenvalue weighted by atomic mass is 16.8. The fourth-order valence-electron chi connectivity index (χ4n) is 2.95. The fraction of sp³-hybridized carbons (Fsp3) is 0.235. The van der Waals surface area contributed by atoms with Crippen molar-refractivity contribution in [3.63, 3.8) is 0 Å². The highest BCUT2D eigenvalue weighted by Crippen LogP contribution is 2.50. The zero-order chi connectivity index (χ0) is 19.3. The lowest BCUT2D eigenvalue weighted by atomic mass is 9.86. The first-order chi connectivity index (χ1) is 12.2. The lowest BCUT2D eigenvalue weighted by molar-refractivity contribution is -0.346. The van der Waals surface area contributed by atoms with E-state index in [1.807, 2.05) is 0 Å². The minimum absolute atomic E-state index is 0.0681. The summed E-state index contributed by atoms with van der Waals surface area (Å²) in [6.45, 7) is 0. The summed E-state index contributed by atoms with van der Waals surface area (Å²) in [5.74, 6) is -8.45. The Hall–Kier alpha value is -3.01. The molecule has 1 aliphatic heterocycles. The Kier molecular flexibility index (Phi) is 3.95. The second kappa shape index (κ2) is 5.77. The molecule has 1 heterocycles. The van der Waals surface area contributed by atoms with E-state index in [1.54, 1.807) is 0 Å². The first kappa shape index (κ1) is 17.8. The second-order valence-corrected chi connectivity index (χ2v) is 5.64. The molecule has 0 amide bonds. The molecule has 0 spiro atoms. The second-order valence-electron chi connectivity index (χ2n) is 5.64. The molecule has 0 saturated carbocycles. The van der Waals surface area contributed by atoms with Crippen molar-refractivity contribution in [3.8, 4) is 28.7 Å². The predicted octanol–water partition coefficient (Wildman–Crippen LogP) is 0.918. The van der Waals surface area contributed by atoms with Gasteiger partial charge in [0.05, 0.1) is 0 Å². The number of phenols is 4. The number of ketones is 1. The monoisotopic (exact) mass is 364 g/mol. The predicted molar refractivity (Wildman–Crippen MR) is 85.1 cm³/mol. The molecule has 26 heavy (non-hydrogen) atoms. The van der Waals surface area contributed by atoms with Crippen LogP contribution in [0.1, 0.15) is 15.9 Å². The molecule has 2 aromatic carbocycles. The van der Waals surface area contributed by atoms with Crippen LogP contribution in [0.4, 0.5) is 0 Å². The van der Waals surface area contributed by atoms with E-state index in [0.717, 1.165) is 38.5 Å². The van der Waals surface area contributed by atoms with Gasteiger partial charge in [0.25, 0.3) is 5.79 Å². The first-order valence-electron chi connectivity index (χ1n) is 7.35. The van der Waals surface area contributed by atoms with Crippen LogP contribution >= 0.6 is 0 Å². The number of methoxy groups -OCH3 is 2. The van der Waals surface area contributed by atoms with E-state index in [9.17, 15) is 30.3 Å². The summed E-state index contributed by atoms with van der Waals surface area (Å²) < 4.78 is 16.0. The van der Waals surface area contributed by atoms with E-state index >= 15 is 0 Å². The van der Waals surface area contributed by atoms with Crippen molar-refractivity contribution in [2.75, 3.05) is 14.2 Å². The van der Waals surface area contributed by atoms with Crippen molar-refractivity contribution in [1.82, 2.24) is 0 Å². The molecule has 2 unspecified atom stereocenters. The van der Waals surface area contributed by atoms with Crippen LogP contribution < -0.4 is 4.74 Å². The number of hydrogen-bond donors (Lipinski definition) is 5. The Balaban J connectivity index is 2.33. The number of carbonyl (C=O) groups is 1. The maximum Gasteiger partial charge on any atom is 0.304 e. The molecule has 0 aliphatic carbocycles. The minimum Gasteiger partial charge on any atom is -0.508 e. The quantitative estimate of drug-likeness (QED) is 0.396. The van der Waals surface area contributed by atoms with Crippen LogP contribution in [0.3, 0.4) is 0 Å². The number of fused-ring (bicyclic) bond motifs is 1. The molecule has 2 aromatic rings. The number of aromatic hydroxyl groups is 4. The molecule has 0 aromatic heterocycles. The number of rotatable bonds is 3. The SMILES string of the molecule is COC1(O)C(=O)c2c(O)cc(O)cc2OC1(OC)c1ccc(O)c(O)c1. The van der Waals surface area contributed by atoms with Crippen LogP contribution in [0.2, 0.25) is 0 Å². The molecular weight excluding hydrogens is 348 g/mol. The Labute approximate surface area is 147 Å². The number of carbonyl (C=O) groups excluding carboxylic acids is 1. The largest absolute Gasteiger partial charge is 0.508 e. The van der Waals surface area contributed by atoms with E-state index < -0.39 is 45.9 Å². The molecule has 0 saturated heterocycles. The van der Waals surface area contributed by atoms with Gasteiger partial charge in [0.15, 0.2) is 11.5 Å². The summed E-state index contributed by atoms with van der Waals surface area (Å²) in [5.41, 5.74) is -0.482. The van der Waals surface area contributed by atoms with Crippen molar-refractivity contribution in [1.29, 1.82) is 0 Å². The summed E-state index contributed by atoms with van der Waals surface area (Å²) in [6.07, 6.45) is 0. The number of aliphatic hydroxyl groups is 1. The molecule has 1 aliphatic rings. The number of Topliss-reactive ketones (excluding diaryl/α,β-unsaturated/α-hetero) is 1. The van der Waals surface area contributed by atoms with Gasteiger partial charge in [0, 0.05) is 31.9 Å². The van der Waals surface area contributed by atoms with Gasteiger partial charge in [-0.15, -0.1) is 0 Å². The highest BCUT2D eigenvalue weighted by molar-refractivity contribution is 6.07. The van der Waals surface area contributed by atoms with E-state index in [-0.39, 0.29) is 11.3 Å². The number of benzene rings is 2. The molecule has 138 valence electrons. The van der Waals surface area contributed by atoms with Gasteiger partial charge in [-0.05, 0) is 18.2 Å². The standard InChI is InChI=1S/C17H16O9/c1-24-16(23)15(22)14-12(21)6-9(18)7-13(14)26-17(16,25-2)8-3-4-10(19)11(20)5-8/h3-7,18-21,23H,1-2H3. The van der Waals surface area contributed by atoms with Crippen molar-refractivity contribution < 1.29 is 44.5 Å². The molecule has 0 radical (unpaired) electrons. The zero-order valence-electron chi connectivity index (χ0n) is 13.8. The first-order valence-corrected chi connectivity index (χ1v) is 7.35. The Bertz CT molecular complexity index is 894. The van der Waals surface area contributed by atoms with Gasteiger partial charge < -0.3 is 39.7 Å². The van der Waals surface area contributed by atoms with E-state index in [4.69, 9.17) is 14.2 Å². The van der Waals surface area contributed by atoms with Gasteiger partial charge in [-0.2, -0.15) is 0 Å². The molecule has 9 nitrogen and oxygen atoms in total. The normalized spacial score (nSPS) is 24.8. The van der Waals surface area contributed by atoms with Gasteiger partial charge >= 0.3 is 5.79 Å². The average Bonchev–Trinajstić information content (AvgIpc) is 2.59. The average molecular weight is 364 g/mol. The molecule has 0 fully saturated rings. The van der Waals surface area contributed by atoms with Crippen LogP contribution in [-0.4, -0.2) is 51.3 Å². The van der Waals surface area contributed by atoms with Gasteiger partial charge in [0.2, 0.25) is 5.78 Å². The van der Waals surface area contributed by atoms with Gasteiger partial charge in [-0.1, -0.05) is 0 Å². The lowest BCUT2D eigenvalue weighted by Gasteiger charge is -2.46. The third-order valence-electron chi connectivity index (χ3n) is 4.24. The maximum absolute atomic E-state index is 12.9. The minimum atomic E-state index is -2.76. The molecule has 3 rings (SSSR count). The summed E-state index contributed by atoms with van der Waals surface area (Å²) >= 11 is 0. The zero-order valence-corrected chi connectivity index (χ0v) is 13.8. The third kappa shape index (κ3) is 2.18. The number of ether oxygens (including phenoxy) is 3. The molecule has 5 N–H and O–H groups in total. The van der Waals surface area contributed by atoms with Crippen LogP contribution in [0.25, 0.3) is 0 Å². The summed E-state index contributed by atoms with van der Waals surface area (Å²) in [4.78, 5) is 12.9. The van der Waals surface area contributed by atoms with Gasteiger partial charge in [-0.25, -0.2) is 0 Å². The van der Waals surface area contributed by atoms with Crippen LogP contribution in [-0.2, 0) is 15.3 Å². The van der Waals surface area contributed by atoms with Crippen molar-refractivity contribution in [2.24, 2.45) is 0 Å². The Morgan fingerprint density at radius 2 is 1.62 bits per heavy atom. The van der Waals surface area contributed by atoms with E-state index in [1.165, 1.54) is 6.07 Å². The molecule has 2 atom stereocenters. The Morgan fingerprint density at radius 1 is 0.923 bits per heavy atom. The van der Waals surface area contributed by atoms with Crippen molar-refractivity contribution in [2.45, 2.75) is 11.6 Å². The maximum atomic E-state index is 12.9. The molecular formula is C17H16O9. The number of phenolic OH excluding ortho intramolecular Hbond substituents is 4. The smallest absolute Gasteiger partial charge is 0.304 e. The van der Waals surface area contributed by atoms with Gasteiger partial charge in [-0.3, -0.25) is 4.79 Å². The summed E-state index contributed by atoms with van der Waals surface area (Å²) in [5, 5.41) is 49.9. The van der Waals surface area contributed by atoms with Crippen molar-refractivity contribution in [3.05, 3.63) is 41.5 Å². The molecule has 0 bridgehead atoms. The summed E-state index contributed by atoms with van der Waals surface area (Å²) in [6, 6.07) is 5.32. The third-order valence-corrected chi connectivity index (χ3v) is 4.24. The Morgan fingerprint density at radius 3 is 2.19 bits per heavy atom. The highest BCUT2D eigenvalue weighted by Gasteiger charge is 2.65. The van der Waals surface area contributed by atoms with Crippen LogP contribution in [0, 0.1) is 0 Å². The molecule has 9 heteroatoms. The topological polar surface area (TPSA) is 146 Å². The van der Waals surface area contributed by atoms with Crippen molar-refractivity contribution >= 4 is 5.78 Å². The van der Waals surface area contributed by atoms with Gasteiger partial charge in [0.1, 0.15) is 22.8 Å². The number of hydrogen-bond acceptors (Lipinski definition) is 9. The van der Waals surface area contributed by atoms with Crippen LogP contribution in [0.5, 0.6) is 28.7 Å². The van der Waals surface area contributed by atoms with E-state index in [2.05, 4.69) is 0 Å².